The standard InChI is InChI=1S/C17H24N4O2S/c1-13-9-17-18-10-15-11-20(8-7-16(15)21(17)19-13)24(22,23)12-14-5-3-2-4-6-14/h9-10,14H,2-8,11-12H2,1H3. The van der Waals surface area contributed by atoms with E-state index in [4.69, 9.17) is 0 Å². The van der Waals surface area contributed by atoms with Crippen molar-refractivity contribution in [2.45, 2.75) is 52.0 Å². The van der Waals surface area contributed by atoms with Crippen molar-refractivity contribution in [3.05, 3.63) is 29.2 Å². The van der Waals surface area contributed by atoms with Gasteiger partial charge in [0.25, 0.3) is 0 Å². The quantitative estimate of drug-likeness (QED) is 0.854. The number of nitrogens with zero attached hydrogens (tertiary/aromatic N) is 4. The summed E-state index contributed by atoms with van der Waals surface area (Å²) in [7, 11) is -3.20. The Morgan fingerprint density at radius 3 is 2.83 bits per heavy atom. The zero-order chi connectivity index (χ0) is 16.7. The van der Waals surface area contributed by atoms with Crippen molar-refractivity contribution in [3.63, 3.8) is 0 Å². The first-order valence-electron chi connectivity index (χ1n) is 8.84. The predicted molar refractivity (Wildman–Crippen MR) is 92.2 cm³/mol. The summed E-state index contributed by atoms with van der Waals surface area (Å²) in [5.74, 6) is 0.637. The van der Waals surface area contributed by atoms with Gasteiger partial charge in [0.05, 0.1) is 17.1 Å². The molecule has 0 aromatic carbocycles. The van der Waals surface area contributed by atoms with E-state index < -0.39 is 10.0 Å². The van der Waals surface area contributed by atoms with Crippen LogP contribution in [0, 0.1) is 12.8 Å². The third kappa shape index (κ3) is 2.95. The lowest BCUT2D eigenvalue weighted by molar-refractivity contribution is 0.354. The molecule has 2 aromatic heterocycles. The topological polar surface area (TPSA) is 67.6 Å². The normalized spacial score (nSPS) is 20.4. The second-order valence-electron chi connectivity index (χ2n) is 7.15. The number of sulfonamides is 1. The van der Waals surface area contributed by atoms with Gasteiger partial charge in [0, 0.05) is 37.3 Å². The van der Waals surface area contributed by atoms with Gasteiger partial charge in [-0.15, -0.1) is 0 Å². The van der Waals surface area contributed by atoms with Gasteiger partial charge in [-0.2, -0.15) is 9.40 Å². The summed E-state index contributed by atoms with van der Waals surface area (Å²) in [5.41, 5.74) is 3.84. The molecule has 6 nitrogen and oxygen atoms in total. The molecule has 0 spiro atoms. The van der Waals surface area contributed by atoms with E-state index in [-0.39, 0.29) is 0 Å². The molecule has 3 heterocycles. The van der Waals surface area contributed by atoms with Crippen molar-refractivity contribution in [1.29, 1.82) is 0 Å². The SMILES string of the molecule is Cc1cc2ncc3c(n2n1)CCN(S(=O)(=O)CC1CCCCC1)C3. The fourth-order valence-corrected chi connectivity index (χ4v) is 5.87. The molecule has 0 bridgehead atoms. The van der Waals surface area contributed by atoms with Gasteiger partial charge in [0.2, 0.25) is 10.0 Å². The molecule has 2 aliphatic rings. The third-order valence-corrected chi connectivity index (χ3v) is 7.29. The van der Waals surface area contributed by atoms with Gasteiger partial charge in [0.1, 0.15) is 0 Å². The average Bonchev–Trinajstić information content (AvgIpc) is 2.95. The number of fused-ring (bicyclic) bond motifs is 3. The average molecular weight is 348 g/mol. The van der Waals surface area contributed by atoms with E-state index in [1.165, 1.54) is 19.3 Å². The first-order chi connectivity index (χ1) is 11.5. The molecule has 0 radical (unpaired) electrons. The minimum atomic E-state index is -3.20. The van der Waals surface area contributed by atoms with Gasteiger partial charge < -0.3 is 0 Å². The molecule has 0 atom stereocenters. The van der Waals surface area contributed by atoms with Crippen LogP contribution in [0.15, 0.2) is 12.3 Å². The predicted octanol–water partition coefficient (Wildman–Crippen LogP) is 2.31. The summed E-state index contributed by atoms with van der Waals surface area (Å²) in [6.07, 6.45) is 8.20. The van der Waals surface area contributed by atoms with Gasteiger partial charge in [0.15, 0.2) is 5.65 Å². The molecule has 130 valence electrons. The fourth-order valence-electron chi connectivity index (χ4n) is 4.02. The minimum absolute atomic E-state index is 0.304. The van der Waals surface area contributed by atoms with Gasteiger partial charge in [-0.1, -0.05) is 19.3 Å². The molecule has 7 heteroatoms. The Morgan fingerprint density at radius 2 is 2.04 bits per heavy atom. The molecular weight excluding hydrogens is 324 g/mol. The lowest BCUT2D eigenvalue weighted by Crippen LogP contribution is -2.40. The van der Waals surface area contributed by atoms with E-state index in [1.54, 1.807) is 4.31 Å². The van der Waals surface area contributed by atoms with Crippen LogP contribution in [-0.4, -0.2) is 39.6 Å². The van der Waals surface area contributed by atoms with E-state index in [9.17, 15) is 8.42 Å². The molecule has 1 aliphatic carbocycles. The van der Waals surface area contributed by atoms with Crippen molar-refractivity contribution in [3.8, 4) is 0 Å². The second kappa shape index (κ2) is 6.11. The summed E-state index contributed by atoms with van der Waals surface area (Å²) in [6.45, 7) is 2.91. The van der Waals surface area contributed by atoms with Gasteiger partial charge in [-0.3, -0.25) is 0 Å². The maximum atomic E-state index is 12.8. The van der Waals surface area contributed by atoms with Gasteiger partial charge in [-0.05, 0) is 25.7 Å². The minimum Gasteiger partial charge on any atom is -0.237 e. The van der Waals surface area contributed by atoms with E-state index in [0.717, 1.165) is 35.4 Å². The van der Waals surface area contributed by atoms with Crippen LogP contribution in [0.3, 0.4) is 0 Å². The smallest absolute Gasteiger partial charge is 0.214 e. The lowest BCUT2D eigenvalue weighted by atomic mass is 9.91. The third-order valence-electron chi connectivity index (χ3n) is 5.30. The van der Waals surface area contributed by atoms with Crippen molar-refractivity contribution in [2.24, 2.45) is 5.92 Å². The molecule has 4 rings (SSSR count). The summed E-state index contributed by atoms with van der Waals surface area (Å²) in [5, 5.41) is 4.49. The van der Waals surface area contributed by atoms with Crippen LogP contribution in [0.4, 0.5) is 0 Å². The van der Waals surface area contributed by atoms with Crippen LogP contribution in [0.5, 0.6) is 0 Å². The van der Waals surface area contributed by atoms with Crippen LogP contribution in [-0.2, 0) is 23.0 Å². The molecule has 0 amide bonds. The van der Waals surface area contributed by atoms with Crippen LogP contribution in [0.25, 0.3) is 5.65 Å². The molecule has 0 N–H and O–H groups in total. The van der Waals surface area contributed by atoms with E-state index in [0.29, 0.717) is 31.2 Å². The number of hydrogen-bond donors (Lipinski definition) is 0. The monoisotopic (exact) mass is 348 g/mol. The second-order valence-corrected chi connectivity index (χ2v) is 9.17. The number of aromatic nitrogens is 3. The highest BCUT2D eigenvalue weighted by molar-refractivity contribution is 7.89. The number of rotatable bonds is 3. The maximum Gasteiger partial charge on any atom is 0.214 e. The molecule has 2 aromatic rings. The Bertz CT molecular complexity index is 853. The Labute approximate surface area is 142 Å². The first kappa shape index (κ1) is 16.0. The first-order valence-corrected chi connectivity index (χ1v) is 10.4. The van der Waals surface area contributed by atoms with Crippen molar-refractivity contribution in [2.75, 3.05) is 12.3 Å². The van der Waals surface area contributed by atoms with E-state index in [2.05, 4.69) is 10.1 Å². The number of hydrogen-bond acceptors (Lipinski definition) is 4. The summed E-state index contributed by atoms with van der Waals surface area (Å²) >= 11 is 0. The largest absolute Gasteiger partial charge is 0.237 e. The van der Waals surface area contributed by atoms with Gasteiger partial charge in [-0.25, -0.2) is 17.9 Å². The molecule has 1 saturated carbocycles. The highest BCUT2D eigenvalue weighted by Gasteiger charge is 2.31. The highest BCUT2D eigenvalue weighted by Crippen LogP contribution is 2.28. The van der Waals surface area contributed by atoms with Crippen LogP contribution in [0.1, 0.15) is 49.1 Å². The Balaban J connectivity index is 1.56. The Hall–Kier alpha value is -1.47. The van der Waals surface area contributed by atoms with E-state index in [1.807, 2.05) is 23.7 Å². The lowest BCUT2D eigenvalue weighted by Gasteiger charge is -2.30. The maximum absolute atomic E-state index is 12.8. The molecule has 1 aliphatic heterocycles. The van der Waals surface area contributed by atoms with Crippen molar-refractivity contribution >= 4 is 15.7 Å². The molecule has 0 unspecified atom stereocenters. The Kier molecular flexibility index (Phi) is 4.08. The summed E-state index contributed by atoms with van der Waals surface area (Å²) in [6, 6.07) is 1.95. The summed E-state index contributed by atoms with van der Waals surface area (Å²) in [4.78, 5) is 4.43. The molecule has 1 fully saturated rings. The molecule has 24 heavy (non-hydrogen) atoms. The zero-order valence-corrected chi connectivity index (χ0v) is 14.9. The van der Waals surface area contributed by atoms with Crippen molar-refractivity contribution < 1.29 is 8.42 Å². The highest BCUT2D eigenvalue weighted by atomic mass is 32.2. The van der Waals surface area contributed by atoms with Crippen LogP contribution >= 0.6 is 0 Å². The van der Waals surface area contributed by atoms with Gasteiger partial charge >= 0.3 is 0 Å². The fraction of sp³-hybridized carbons (Fsp3) is 0.647. The van der Waals surface area contributed by atoms with Crippen molar-refractivity contribution in [1.82, 2.24) is 18.9 Å². The zero-order valence-electron chi connectivity index (χ0n) is 14.1. The molecular formula is C17H24N4O2S. The summed E-state index contributed by atoms with van der Waals surface area (Å²) < 4.78 is 29.1. The van der Waals surface area contributed by atoms with Crippen LogP contribution in [0.2, 0.25) is 0 Å². The Morgan fingerprint density at radius 1 is 1.25 bits per heavy atom. The van der Waals surface area contributed by atoms with E-state index >= 15 is 0 Å². The number of aryl methyl sites for hydroxylation is 1. The van der Waals surface area contributed by atoms with Crippen LogP contribution < -0.4 is 0 Å². The molecule has 0 saturated heterocycles.